The van der Waals surface area contributed by atoms with Gasteiger partial charge in [0, 0.05) is 26.7 Å². The summed E-state index contributed by atoms with van der Waals surface area (Å²) in [5.41, 5.74) is 0.434. The number of likely N-dealkylation sites (N-methyl/N-ethyl adjacent to an activating group) is 1. The number of nitrogens with zero attached hydrogens (tertiary/aromatic N) is 2. The molecule has 0 fully saturated rings. The van der Waals surface area contributed by atoms with Gasteiger partial charge in [-0.2, -0.15) is 0 Å². The van der Waals surface area contributed by atoms with Crippen LogP contribution in [-0.2, 0) is 4.74 Å². The minimum absolute atomic E-state index is 0.0328. The van der Waals surface area contributed by atoms with Crippen LogP contribution in [0.1, 0.15) is 0 Å². The van der Waals surface area contributed by atoms with Crippen LogP contribution in [0.15, 0.2) is 18.2 Å². The van der Waals surface area contributed by atoms with E-state index in [4.69, 9.17) is 9.47 Å². The molecule has 1 N–H and O–H groups in total. The third-order valence-corrected chi connectivity index (χ3v) is 2.89. The molecule has 1 aromatic rings. The number of nitro benzene ring substituents is 1. The fourth-order valence-corrected chi connectivity index (χ4v) is 1.76. The Hall–Kier alpha value is -1.86. The molecule has 112 valence electrons. The molecule has 0 amide bonds. The second-order valence-electron chi connectivity index (χ2n) is 4.34. The quantitative estimate of drug-likeness (QED) is 0.548. The van der Waals surface area contributed by atoms with Crippen molar-refractivity contribution >= 4 is 11.4 Å². The highest BCUT2D eigenvalue weighted by molar-refractivity contribution is 5.68. The number of nitro groups is 1. The van der Waals surface area contributed by atoms with E-state index in [1.54, 1.807) is 25.3 Å². The predicted molar refractivity (Wildman–Crippen MR) is 77.5 cm³/mol. The summed E-state index contributed by atoms with van der Waals surface area (Å²) in [4.78, 5) is 12.7. The number of para-hydroxylation sites is 1. The van der Waals surface area contributed by atoms with E-state index >= 15 is 0 Å². The fraction of sp³-hybridized carbons (Fsp3) is 0.538. The molecule has 0 aromatic heterocycles. The van der Waals surface area contributed by atoms with Gasteiger partial charge in [0.25, 0.3) is 0 Å². The topological polar surface area (TPSA) is 76.9 Å². The summed E-state index contributed by atoms with van der Waals surface area (Å²) in [6, 6.07) is 4.98. The number of benzene rings is 1. The van der Waals surface area contributed by atoms with Gasteiger partial charge in [-0.15, -0.1) is 0 Å². The van der Waals surface area contributed by atoms with E-state index in [9.17, 15) is 10.1 Å². The maximum atomic E-state index is 11.1. The zero-order valence-electron chi connectivity index (χ0n) is 12.1. The number of hydrogen-bond donors (Lipinski definition) is 1. The van der Waals surface area contributed by atoms with Gasteiger partial charge in [0.15, 0.2) is 5.75 Å². The van der Waals surface area contributed by atoms with Gasteiger partial charge in [0.05, 0.1) is 18.6 Å². The summed E-state index contributed by atoms with van der Waals surface area (Å²) < 4.78 is 10.0. The lowest BCUT2D eigenvalue weighted by atomic mass is 10.2. The highest BCUT2D eigenvalue weighted by Crippen LogP contribution is 2.34. The molecule has 0 aliphatic heterocycles. The number of methoxy groups -OCH3 is 2. The Labute approximate surface area is 118 Å². The van der Waals surface area contributed by atoms with Crippen molar-refractivity contribution in [2.75, 3.05) is 52.8 Å². The molecule has 20 heavy (non-hydrogen) atoms. The number of ether oxygens (including phenoxy) is 2. The van der Waals surface area contributed by atoms with Gasteiger partial charge >= 0.3 is 5.69 Å². The van der Waals surface area contributed by atoms with Gasteiger partial charge in [0.1, 0.15) is 5.69 Å². The lowest BCUT2D eigenvalue weighted by Gasteiger charge is -2.16. The molecule has 1 rings (SSSR count). The highest BCUT2D eigenvalue weighted by Gasteiger charge is 2.19. The van der Waals surface area contributed by atoms with Crippen molar-refractivity contribution in [2.24, 2.45) is 0 Å². The molecule has 0 saturated heterocycles. The predicted octanol–water partition coefficient (Wildman–Crippen LogP) is 1.59. The van der Waals surface area contributed by atoms with Gasteiger partial charge in [-0.3, -0.25) is 10.1 Å². The molecule has 1 aromatic carbocycles. The van der Waals surface area contributed by atoms with Crippen LogP contribution < -0.4 is 10.1 Å². The van der Waals surface area contributed by atoms with E-state index in [0.717, 1.165) is 13.1 Å². The monoisotopic (exact) mass is 283 g/mol. The molecule has 0 aliphatic carbocycles. The van der Waals surface area contributed by atoms with Gasteiger partial charge in [-0.25, -0.2) is 0 Å². The maximum absolute atomic E-state index is 11.1. The molecular weight excluding hydrogens is 262 g/mol. The molecule has 7 heteroatoms. The van der Waals surface area contributed by atoms with E-state index in [1.165, 1.54) is 7.11 Å². The molecule has 0 spiro atoms. The summed E-state index contributed by atoms with van der Waals surface area (Å²) in [6.45, 7) is 2.85. The van der Waals surface area contributed by atoms with E-state index < -0.39 is 4.92 Å². The van der Waals surface area contributed by atoms with Crippen molar-refractivity contribution in [1.82, 2.24) is 4.90 Å². The Morgan fingerprint density at radius 2 is 2.10 bits per heavy atom. The highest BCUT2D eigenvalue weighted by atomic mass is 16.6. The Kier molecular flexibility index (Phi) is 6.75. The standard InChI is InChI=1S/C13H21N3O4/c1-15(9-10-19-2)8-7-14-11-5-4-6-12(20-3)13(11)16(17)18/h4-6,14H,7-10H2,1-3H3. The van der Waals surface area contributed by atoms with Crippen LogP contribution in [-0.4, -0.2) is 57.3 Å². The van der Waals surface area contributed by atoms with Gasteiger partial charge < -0.3 is 19.7 Å². The Balaban J connectivity index is 2.62. The van der Waals surface area contributed by atoms with Crippen molar-refractivity contribution in [3.63, 3.8) is 0 Å². The summed E-state index contributed by atoms with van der Waals surface area (Å²) in [6.07, 6.45) is 0. The number of anilines is 1. The number of hydrogen-bond acceptors (Lipinski definition) is 6. The van der Waals surface area contributed by atoms with Crippen LogP contribution in [0.25, 0.3) is 0 Å². The number of rotatable bonds is 9. The average Bonchev–Trinajstić information content (AvgIpc) is 2.44. The minimum Gasteiger partial charge on any atom is -0.490 e. The molecule has 0 heterocycles. The van der Waals surface area contributed by atoms with Gasteiger partial charge in [-0.1, -0.05) is 6.07 Å². The van der Waals surface area contributed by atoms with Crippen molar-refractivity contribution in [2.45, 2.75) is 0 Å². The van der Waals surface area contributed by atoms with Crippen LogP contribution >= 0.6 is 0 Å². The maximum Gasteiger partial charge on any atom is 0.333 e. The second-order valence-corrected chi connectivity index (χ2v) is 4.34. The van der Waals surface area contributed by atoms with Crippen molar-refractivity contribution in [3.05, 3.63) is 28.3 Å². The first kappa shape index (κ1) is 16.2. The molecule has 0 saturated carbocycles. The summed E-state index contributed by atoms with van der Waals surface area (Å²) >= 11 is 0. The summed E-state index contributed by atoms with van der Waals surface area (Å²) in [7, 11) is 5.05. The molecular formula is C13H21N3O4. The van der Waals surface area contributed by atoms with Crippen LogP contribution in [0.5, 0.6) is 5.75 Å². The summed E-state index contributed by atoms with van der Waals surface area (Å²) in [5.74, 6) is 0.257. The minimum atomic E-state index is -0.435. The Morgan fingerprint density at radius 3 is 2.70 bits per heavy atom. The smallest absolute Gasteiger partial charge is 0.333 e. The third kappa shape index (κ3) is 4.67. The molecule has 0 aliphatic rings. The first-order chi connectivity index (χ1) is 9.60. The zero-order chi connectivity index (χ0) is 15.0. The average molecular weight is 283 g/mol. The molecule has 7 nitrogen and oxygen atoms in total. The summed E-state index contributed by atoms with van der Waals surface area (Å²) in [5, 5.41) is 14.2. The lowest BCUT2D eigenvalue weighted by Crippen LogP contribution is -2.28. The van der Waals surface area contributed by atoms with Crippen LogP contribution in [0.4, 0.5) is 11.4 Å². The van der Waals surface area contributed by atoms with E-state index in [1.807, 2.05) is 7.05 Å². The van der Waals surface area contributed by atoms with Gasteiger partial charge in [0.2, 0.25) is 0 Å². The largest absolute Gasteiger partial charge is 0.490 e. The third-order valence-electron chi connectivity index (χ3n) is 2.89. The fourth-order valence-electron chi connectivity index (χ4n) is 1.76. The van der Waals surface area contributed by atoms with E-state index in [2.05, 4.69) is 10.2 Å². The lowest BCUT2D eigenvalue weighted by molar-refractivity contribution is -0.384. The van der Waals surface area contributed by atoms with Crippen LogP contribution in [0.3, 0.4) is 0 Å². The molecule has 0 atom stereocenters. The molecule has 0 unspecified atom stereocenters. The van der Waals surface area contributed by atoms with Crippen molar-refractivity contribution in [1.29, 1.82) is 0 Å². The second kappa shape index (κ2) is 8.34. The van der Waals surface area contributed by atoms with E-state index in [0.29, 0.717) is 18.8 Å². The first-order valence-corrected chi connectivity index (χ1v) is 6.33. The van der Waals surface area contributed by atoms with Crippen molar-refractivity contribution in [3.8, 4) is 5.75 Å². The van der Waals surface area contributed by atoms with E-state index in [-0.39, 0.29) is 11.4 Å². The van der Waals surface area contributed by atoms with Crippen LogP contribution in [0.2, 0.25) is 0 Å². The van der Waals surface area contributed by atoms with Gasteiger partial charge in [-0.05, 0) is 19.2 Å². The Morgan fingerprint density at radius 1 is 1.35 bits per heavy atom. The molecule has 0 radical (unpaired) electrons. The zero-order valence-corrected chi connectivity index (χ0v) is 12.1. The van der Waals surface area contributed by atoms with Crippen LogP contribution in [0, 0.1) is 10.1 Å². The van der Waals surface area contributed by atoms with Crippen molar-refractivity contribution < 1.29 is 14.4 Å². The normalized spacial score (nSPS) is 10.6. The first-order valence-electron chi connectivity index (χ1n) is 6.33. The molecule has 0 bridgehead atoms. The Bertz CT molecular complexity index is 440. The SMILES string of the molecule is COCCN(C)CCNc1cccc(OC)c1[N+](=O)[O-]. The number of nitrogens with one attached hydrogen (secondary N) is 1.